The Labute approximate surface area is 777 Å². The number of aromatic nitrogens is 19. The number of hydrogen-bond acceptors (Lipinski definition) is 25. The Balaban J connectivity index is 0.000000141. The number of nitrogen functional groups attached to an aromatic ring is 6. The second-order valence-corrected chi connectivity index (χ2v) is 29.2. The second-order valence-electron chi connectivity index (χ2n) is 28.2. The van der Waals surface area contributed by atoms with Gasteiger partial charge >= 0.3 is 6.29 Å². The standard InChI is InChI=1S/C23H17F2N9.C17H14F2N8.C14H11F2N5.C14H8F2N4.C13H8F2IN3.C9H6N4.C2H6/c24-14-10-16-18(33-34(23(16)28-11-14)12-13-6-4-5-9-17(13)25)22-29-20(26)19(21(27)30-22)32-31-15-7-2-1-3-8-15;18-9-5-10-13(16-24-14(21)12(20)15(22)25-16)26-27(17(10)23-6-9)7-8-3-1-2-4-11(8)19;15-9-5-10-12(13(17)18)20-21(14(10)19-6-9)7-8-3-1-2-4-11(8)16;15-10-5-11-13(6-17)19-20(14(11)18-7-10)8-9-3-1-2-4-12(9)16;14-9-5-10-12(16)18-19(13(10)17-6-9)7-8-3-1-2-4-11(8)15;1-10-9(11-2)13-12-8-6-4-3-5-7-8;1-2/h1-11H,12H2,(H4,26,27,29,30);1-6H,7,20H2,(H4,21,22,24,25);1-6H,7H2,(H3,17,18);1-5,7H,8H2;1-6H,7H2;3-7,9H;1-2H3. The van der Waals surface area contributed by atoms with Crippen LogP contribution >= 0.6 is 22.6 Å². The summed E-state index contributed by atoms with van der Waals surface area (Å²) >= 11 is 2.01. The van der Waals surface area contributed by atoms with Crippen molar-refractivity contribution in [2.24, 2.45) is 26.2 Å². The Morgan fingerprint density at radius 2 is 0.699 bits per heavy atom. The van der Waals surface area contributed by atoms with Gasteiger partial charge in [-0.1, -0.05) is 141 Å². The van der Waals surface area contributed by atoms with Gasteiger partial charge in [0, 0.05) is 27.8 Å². The molecule has 0 spiro atoms. The van der Waals surface area contributed by atoms with Crippen molar-refractivity contribution in [2.45, 2.75) is 52.9 Å². The van der Waals surface area contributed by atoms with Gasteiger partial charge in [-0.05, 0) is 113 Å². The predicted molar refractivity (Wildman–Crippen MR) is 497 cm³/mol. The number of azo groups is 2. The van der Waals surface area contributed by atoms with Gasteiger partial charge in [0.15, 0.2) is 74.5 Å². The normalized spacial score (nSPS) is 10.9. The quantitative estimate of drug-likeness (QED) is 0.0111. The third kappa shape index (κ3) is 23.0. The first-order valence-corrected chi connectivity index (χ1v) is 41.2. The SMILES string of the molecule is CC.Fc1cnc2c(c1)c(I)nn2Cc1ccccc1F.N#Cc1nn(Cc2ccccc2F)c2ncc(F)cc12.N=C(N)c1nn(Cc2ccccc2F)c2ncc(F)cc12.Nc1nc(-c2nn(Cc3ccccc3F)c3ncc(F)cc23)nc(N)c1N.Nc1nc(-c2nn(Cc3ccccc3F)c3ncc(F)cc23)nc(N)c1N=Nc1ccccc1.[C-]#[N+]C(N=Nc1ccccc1)[N+]#[C-]. The number of halogens is 11. The van der Waals surface area contributed by atoms with E-state index in [1.165, 1.54) is 79.4 Å². The van der Waals surface area contributed by atoms with Gasteiger partial charge in [0.05, 0.1) is 102 Å². The molecule has 0 unspecified atom stereocenters. The fourth-order valence-corrected chi connectivity index (χ4v) is 13.5. The number of hydrogen-bond donors (Lipinski definition) is 7. The minimum atomic E-state index is -1.04. The molecule has 0 atom stereocenters. The number of rotatable bonds is 17. The topological polar surface area (TPSA) is 467 Å². The van der Waals surface area contributed by atoms with E-state index in [0.717, 1.165) is 31.0 Å². The zero-order valence-electron chi connectivity index (χ0n) is 71.0. The second kappa shape index (κ2) is 44.1. The Morgan fingerprint density at radius 3 is 1.07 bits per heavy atom. The van der Waals surface area contributed by atoms with Crippen molar-refractivity contribution in [1.29, 1.82) is 10.7 Å². The van der Waals surface area contributed by atoms with Crippen molar-refractivity contribution in [3.05, 3.63) is 367 Å². The van der Waals surface area contributed by atoms with E-state index in [1.54, 1.807) is 120 Å². The summed E-state index contributed by atoms with van der Waals surface area (Å²) in [6.07, 6.45) is 4.30. The van der Waals surface area contributed by atoms with E-state index < -0.39 is 41.2 Å². The number of nitrogens with two attached hydrogens (primary N) is 6. The average Bonchev–Trinajstić information content (AvgIpc) is 1.63. The molecule has 13 N–H and O–H groups in total. The van der Waals surface area contributed by atoms with E-state index in [4.69, 9.17) is 58.2 Å². The average molecular weight is 1950 g/mol. The highest BCUT2D eigenvalue weighted by Gasteiger charge is 2.25. The zero-order valence-corrected chi connectivity index (χ0v) is 73.1. The van der Waals surface area contributed by atoms with E-state index >= 15 is 0 Å². The lowest BCUT2D eigenvalue weighted by Gasteiger charge is -2.05. The Kier molecular flexibility index (Phi) is 31.0. The molecule has 0 amide bonds. The van der Waals surface area contributed by atoms with Gasteiger partial charge in [-0.3, -0.25) is 5.41 Å². The number of benzene rings is 7. The minimum absolute atomic E-state index is 0.0151. The predicted octanol–water partition coefficient (Wildman–Crippen LogP) is 18.7. The lowest BCUT2D eigenvalue weighted by molar-refractivity contribution is 0.587. The lowest BCUT2D eigenvalue weighted by atomic mass is 10.2. The molecule has 7 aromatic carbocycles. The van der Waals surface area contributed by atoms with Crippen LogP contribution in [0.25, 0.3) is 87.9 Å². The monoisotopic (exact) mass is 1950 g/mol. The molecule has 0 aliphatic carbocycles. The number of pyridine rings is 5. The van der Waals surface area contributed by atoms with Crippen LogP contribution < -0.4 is 34.4 Å². The summed E-state index contributed by atoms with van der Waals surface area (Å²) in [5.74, 6) is -4.68. The van der Waals surface area contributed by atoms with E-state index in [2.05, 4.69) is 100 Å². The molecule has 0 fully saturated rings. The van der Waals surface area contributed by atoms with Gasteiger partial charge in [0.25, 0.3) is 0 Å². The van der Waals surface area contributed by atoms with Crippen molar-refractivity contribution in [3.63, 3.8) is 0 Å². The van der Waals surface area contributed by atoms with Gasteiger partial charge in [-0.15, -0.1) is 10.2 Å². The smallest absolute Gasteiger partial charge is 0.393 e. The number of anilines is 5. The summed E-state index contributed by atoms with van der Waals surface area (Å²) in [4.78, 5) is 42.7. The van der Waals surface area contributed by atoms with E-state index in [1.807, 2.05) is 78.9 Å². The summed E-state index contributed by atoms with van der Waals surface area (Å²) in [5.41, 5.74) is 40.9. The molecular weight excluding hydrogens is 1880 g/mol. The van der Waals surface area contributed by atoms with Crippen LogP contribution in [0.5, 0.6) is 0 Å². The summed E-state index contributed by atoms with van der Waals surface area (Å²) in [7, 11) is 0. The maximum Gasteiger partial charge on any atom is 0.602 e. The van der Waals surface area contributed by atoms with Gasteiger partial charge < -0.3 is 34.4 Å². The van der Waals surface area contributed by atoms with Crippen LogP contribution in [-0.2, 0) is 32.7 Å². The van der Waals surface area contributed by atoms with Crippen molar-refractivity contribution < 1.29 is 43.9 Å². The number of amidine groups is 1. The van der Waals surface area contributed by atoms with Crippen LogP contribution in [0.1, 0.15) is 53.1 Å². The highest BCUT2D eigenvalue weighted by molar-refractivity contribution is 14.1. The summed E-state index contributed by atoms with van der Waals surface area (Å²) in [6.45, 7) is 17.8. The largest absolute Gasteiger partial charge is 0.602 e. The van der Waals surface area contributed by atoms with Crippen LogP contribution in [0.4, 0.5) is 89.9 Å². The van der Waals surface area contributed by atoms with Crippen LogP contribution in [0.15, 0.2) is 264 Å². The van der Waals surface area contributed by atoms with E-state index in [-0.39, 0.29) is 131 Å². The summed E-state index contributed by atoms with van der Waals surface area (Å²) in [5, 5.41) is 55.2. The van der Waals surface area contributed by atoms with Crippen molar-refractivity contribution >= 4 is 130 Å². The molecule has 0 radical (unpaired) electrons. The molecule has 19 aromatic rings. The van der Waals surface area contributed by atoms with Gasteiger partial charge in [0.1, 0.15) is 96.5 Å². The molecule has 0 saturated heterocycles. The van der Waals surface area contributed by atoms with E-state index in [9.17, 15) is 43.9 Å². The Hall–Kier alpha value is -18.0. The summed E-state index contributed by atoms with van der Waals surface area (Å²) in [6, 6.07) is 57.8. The number of nitrogens with zero attached hydrogens (tertiary/aromatic N) is 26. The molecule has 12 heterocycles. The molecular formula is C92H70F10IN33. The molecule has 19 rings (SSSR count). The first kappa shape index (κ1) is 95.6. The van der Waals surface area contributed by atoms with E-state index in [0.29, 0.717) is 98.1 Å². The highest BCUT2D eigenvalue weighted by atomic mass is 127. The zero-order chi connectivity index (χ0) is 96.8. The maximum absolute atomic E-state index is 14.2. The van der Waals surface area contributed by atoms with Gasteiger partial charge in [0.2, 0.25) is 0 Å². The molecule has 136 heavy (non-hydrogen) atoms. The van der Waals surface area contributed by atoms with Crippen molar-refractivity contribution in [2.75, 3.05) is 28.7 Å². The summed E-state index contributed by atoms with van der Waals surface area (Å²) < 4.78 is 145. The van der Waals surface area contributed by atoms with Crippen LogP contribution in [0.3, 0.4) is 0 Å². The van der Waals surface area contributed by atoms with Crippen molar-refractivity contribution in [3.8, 4) is 29.1 Å². The molecule has 12 aromatic heterocycles. The Morgan fingerprint density at radius 1 is 0.397 bits per heavy atom. The third-order valence-corrected chi connectivity index (χ3v) is 19.9. The first-order chi connectivity index (χ1) is 65.7. The number of fused-ring (bicyclic) bond motifs is 5. The molecule has 0 bridgehead atoms. The molecule has 33 nitrogen and oxygen atoms in total. The number of nitriles is 1. The maximum atomic E-state index is 14.2. The van der Waals surface area contributed by atoms with Crippen LogP contribution in [0, 0.1) is 91.8 Å². The van der Waals surface area contributed by atoms with Gasteiger partial charge in [-0.2, -0.15) is 35.9 Å². The molecule has 0 saturated carbocycles. The van der Waals surface area contributed by atoms with Crippen LogP contribution in [-0.4, -0.2) is 106 Å². The molecule has 0 aliphatic heterocycles. The molecule has 680 valence electrons. The Bertz CT molecular complexity index is 7720. The first-order valence-electron chi connectivity index (χ1n) is 40.1. The van der Waals surface area contributed by atoms with Crippen LogP contribution in [0.2, 0.25) is 0 Å². The van der Waals surface area contributed by atoms with Crippen molar-refractivity contribution in [1.82, 2.24) is 93.8 Å². The minimum Gasteiger partial charge on any atom is -0.393 e. The third-order valence-electron chi connectivity index (χ3n) is 19.1. The molecule has 0 aliphatic rings. The molecule has 44 heteroatoms. The van der Waals surface area contributed by atoms with Gasteiger partial charge in [-0.25, -0.2) is 135 Å². The number of nitrogens with one attached hydrogen (secondary N) is 1. The fourth-order valence-electron chi connectivity index (χ4n) is 12.8. The fraction of sp³-hybridized carbons (Fsp3) is 0.0870. The highest BCUT2D eigenvalue weighted by Crippen LogP contribution is 2.36. The lowest BCUT2D eigenvalue weighted by Crippen LogP contribution is -2.13.